The molecule has 9 nitrogen and oxygen atoms in total. The van der Waals surface area contributed by atoms with Crippen LogP contribution in [0.5, 0.6) is 5.75 Å². The number of ether oxygens (including phenoxy) is 4. The molecule has 5 rings (SSSR count). The molecule has 6 atom stereocenters. The zero-order valence-corrected chi connectivity index (χ0v) is 28.4. The second-order valence-corrected chi connectivity index (χ2v) is 15.3. The minimum atomic E-state index is -3.75. The molecule has 2 heterocycles. The number of rotatable bonds is 10. The molecule has 1 fully saturated rings. The molecule has 3 aliphatic rings. The second kappa shape index (κ2) is 14.2. The van der Waals surface area contributed by atoms with Crippen molar-refractivity contribution >= 4 is 33.3 Å². The van der Waals surface area contributed by atoms with Gasteiger partial charge in [0.2, 0.25) is 10.0 Å². The van der Waals surface area contributed by atoms with Crippen molar-refractivity contribution in [1.29, 1.82) is 0 Å². The normalized spacial score (nSPS) is 25.2. The van der Waals surface area contributed by atoms with E-state index in [-0.39, 0.29) is 23.7 Å². The molecule has 252 valence electrons. The Kier molecular flexibility index (Phi) is 10.7. The predicted octanol–water partition coefficient (Wildman–Crippen LogP) is 5.58. The van der Waals surface area contributed by atoms with E-state index < -0.39 is 39.3 Å². The Hall–Kier alpha value is -2.70. The predicted molar refractivity (Wildman–Crippen MR) is 176 cm³/mol. The van der Waals surface area contributed by atoms with E-state index in [1.165, 1.54) is 38.3 Å². The van der Waals surface area contributed by atoms with E-state index in [0.717, 1.165) is 24.9 Å². The minimum absolute atomic E-state index is 0.122. The highest BCUT2D eigenvalue weighted by Gasteiger charge is 2.44. The first-order valence-corrected chi connectivity index (χ1v) is 17.8. The molecule has 0 radical (unpaired) electrons. The molecule has 0 aromatic heterocycles. The van der Waals surface area contributed by atoms with Crippen molar-refractivity contribution in [3.05, 3.63) is 70.0 Å². The summed E-state index contributed by atoms with van der Waals surface area (Å²) in [5.41, 5.74) is 3.26. The summed E-state index contributed by atoms with van der Waals surface area (Å²) in [6.07, 6.45) is 3.51. The van der Waals surface area contributed by atoms with E-state index in [0.29, 0.717) is 49.1 Å². The molecule has 1 aliphatic carbocycles. The minimum Gasteiger partial charge on any atom is -0.490 e. The fraction of sp³-hybridized carbons (Fsp3) is 0.559. The molecule has 1 spiro atoms. The van der Waals surface area contributed by atoms with Crippen LogP contribution in [0.4, 0.5) is 10.1 Å². The van der Waals surface area contributed by atoms with Crippen LogP contribution < -0.4 is 14.8 Å². The van der Waals surface area contributed by atoms with E-state index in [2.05, 4.69) is 11.0 Å². The maximum Gasteiger partial charge on any atom is 0.337 e. The number of esters is 1. The SMILES string of the molecule is COC(=O)c1ccc2c(c1)N(C[C@@H]1CCO[C@H]1C(OC)/C(F)=C/C[C@H](C)[C@@H](C)S(N)(=O)=O)C[C@@]1(CCCc3cc(Cl)ccc31)CO2. The van der Waals surface area contributed by atoms with Crippen molar-refractivity contribution in [2.45, 2.75) is 68.8 Å². The van der Waals surface area contributed by atoms with Crippen LogP contribution in [0.15, 0.2) is 48.3 Å². The Morgan fingerprint density at radius 1 is 1.24 bits per heavy atom. The third-order valence-electron chi connectivity index (χ3n) is 10.0. The van der Waals surface area contributed by atoms with Gasteiger partial charge in [0.25, 0.3) is 0 Å². The Bertz CT molecular complexity index is 1570. The third-order valence-corrected chi connectivity index (χ3v) is 11.7. The number of fused-ring (bicyclic) bond motifs is 3. The summed E-state index contributed by atoms with van der Waals surface area (Å²) in [7, 11) is -0.945. The van der Waals surface area contributed by atoms with E-state index in [4.69, 9.17) is 35.7 Å². The first kappa shape index (κ1) is 34.6. The molecule has 1 saturated heterocycles. The van der Waals surface area contributed by atoms with Gasteiger partial charge in [-0.1, -0.05) is 24.6 Å². The van der Waals surface area contributed by atoms with E-state index in [1.807, 2.05) is 18.2 Å². The molecule has 2 aromatic carbocycles. The van der Waals surface area contributed by atoms with E-state index >= 15 is 4.39 Å². The smallest absolute Gasteiger partial charge is 0.337 e. The molecule has 12 heteroatoms. The van der Waals surface area contributed by atoms with Gasteiger partial charge in [-0.2, -0.15) is 0 Å². The fourth-order valence-corrected chi connectivity index (χ4v) is 8.11. The highest BCUT2D eigenvalue weighted by Crippen LogP contribution is 2.45. The summed E-state index contributed by atoms with van der Waals surface area (Å²) in [5, 5.41) is 5.19. The first-order chi connectivity index (χ1) is 21.9. The lowest BCUT2D eigenvalue weighted by molar-refractivity contribution is -0.0322. The van der Waals surface area contributed by atoms with Gasteiger partial charge in [0.1, 0.15) is 17.7 Å². The van der Waals surface area contributed by atoms with Crippen molar-refractivity contribution in [2.24, 2.45) is 17.0 Å². The molecule has 1 unspecified atom stereocenters. The monoisotopic (exact) mass is 678 g/mol. The standard InChI is InChI=1S/C34H44ClFN2O7S/c1-21(22(2)46(37,40)41)7-11-28(36)32(42-3)31-25(13-15-44-31)18-38-19-34(14-5-6-23-16-26(35)9-10-27(23)34)20-45-30-12-8-24(17-29(30)38)33(39)43-4/h8-12,16-17,21-22,25,31-32H,5-7,13-15,18-20H2,1-4H3,(H2,37,40,41)/b28-11-/t21-,22+,25-,31+,32?,34-/m0/s1. The number of methoxy groups -OCH3 is 2. The third kappa shape index (κ3) is 7.23. The number of carbonyl (C=O) groups is 1. The van der Waals surface area contributed by atoms with Crippen molar-refractivity contribution < 1.29 is 36.6 Å². The number of benzene rings is 2. The van der Waals surface area contributed by atoms with Crippen LogP contribution in [0.3, 0.4) is 0 Å². The quantitative estimate of drug-likeness (QED) is 0.324. The number of nitrogens with two attached hydrogens (primary N) is 1. The van der Waals surface area contributed by atoms with Gasteiger partial charge in [0.15, 0.2) is 0 Å². The lowest BCUT2D eigenvalue weighted by atomic mass is 9.70. The zero-order valence-electron chi connectivity index (χ0n) is 26.8. The molecule has 2 N–H and O–H groups in total. The number of allylic oxidation sites excluding steroid dienone is 1. The van der Waals surface area contributed by atoms with Gasteiger partial charge in [-0.05, 0) is 92.5 Å². The Morgan fingerprint density at radius 3 is 2.74 bits per heavy atom. The van der Waals surface area contributed by atoms with Gasteiger partial charge in [-0.25, -0.2) is 22.7 Å². The summed E-state index contributed by atoms with van der Waals surface area (Å²) in [6.45, 7) is 5.26. The molecule has 0 bridgehead atoms. The number of halogens is 2. The molecular formula is C34H44ClFN2O7S. The number of nitrogens with zero attached hydrogens (tertiary/aromatic N) is 1. The van der Waals surface area contributed by atoms with Crippen LogP contribution in [0.1, 0.15) is 61.0 Å². The Balaban J connectivity index is 1.46. The first-order valence-electron chi connectivity index (χ1n) is 15.8. The maximum atomic E-state index is 15.7. The molecular weight excluding hydrogens is 635 g/mol. The summed E-state index contributed by atoms with van der Waals surface area (Å²) in [5.74, 6) is -0.800. The number of primary sulfonamides is 1. The van der Waals surface area contributed by atoms with Crippen molar-refractivity contribution in [1.82, 2.24) is 0 Å². The summed E-state index contributed by atoms with van der Waals surface area (Å²) in [4.78, 5) is 14.8. The molecule has 2 aromatic rings. The molecule has 46 heavy (non-hydrogen) atoms. The summed E-state index contributed by atoms with van der Waals surface area (Å²) < 4.78 is 62.7. The van der Waals surface area contributed by atoms with Crippen LogP contribution in [0.2, 0.25) is 5.02 Å². The number of anilines is 1. The largest absolute Gasteiger partial charge is 0.490 e. The lowest BCUT2D eigenvalue weighted by Gasteiger charge is -2.41. The van der Waals surface area contributed by atoms with Gasteiger partial charge >= 0.3 is 5.97 Å². The van der Waals surface area contributed by atoms with Gasteiger partial charge in [0, 0.05) is 43.2 Å². The highest BCUT2D eigenvalue weighted by atomic mass is 35.5. The van der Waals surface area contributed by atoms with E-state index in [9.17, 15) is 13.2 Å². The van der Waals surface area contributed by atoms with Gasteiger partial charge in [0.05, 0.1) is 36.3 Å². The molecule has 2 aliphatic heterocycles. The zero-order chi connectivity index (χ0) is 33.2. The molecule has 0 amide bonds. The van der Waals surface area contributed by atoms with Crippen LogP contribution in [-0.4, -0.2) is 72.4 Å². The molecule has 0 saturated carbocycles. The van der Waals surface area contributed by atoms with Crippen LogP contribution in [0.25, 0.3) is 0 Å². The van der Waals surface area contributed by atoms with Crippen LogP contribution in [-0.2, 0) is 36.1 Å². The van der Waals surface area contributed by atoms with Crippen molar-refractivity contribution in [3.8, 4) is 5.75 Å². The number of carbonyl (C=O) groups excluding carboxylic acids is 1. The maximum absolute atomic E-state index is 15.7. The van der Waals surface area contributed by atoms with Gasteiger partial charge in [-0.15, -0.1) is 0 Å². The number of hydrogen-bond acceptors (Lipinski definition) is 8. The van der Waals surface area contributed by atoms with Crippen molar-refractivity contribution in [2.75, 3.05) is 45.4 Å². The summed E-state index contributed by atoms with van der Waals surface area (Å²) >= 11 is 6.39. The van der Waals surface area contributed by atoms with Crippen molar-refractivity contribution in [3.63, 3.8) is 0 Å². The van der Waals surface area contributed by atoms with E-state index in [1.54, 1.807) is 19.1 Å². The number of aryl methyl sites for hydroxylation is 1. The highest BCUT2D eigenvalue weighted by molar-refractivity contribution is 7.89. The van der Waals surface area contributed by atoms with Crippen LogP contribution >= 0.6 is 11.6 Å². The Labute approximate surface area is 276 Å². The Morgan fingerprint density at radius 2 is 2.02 bits per heavy atom. The average molecular weight is 679 g/mol. The lowest BCUT2D eigenvalue weighted by Crippen LogP contribution is -2.48. The fourth-order valence-electron chi connectivity index (χ4n) is 7.16. The van der Waals surface area contributed by atoms with Gasteiger partial charge < -0.3 is 23.8 Å². The van der Waals surface area contributed by atoms with Crippen LogP contribution in [0, 0.1) is 11.8 Å². The summed E-state index contributed by atoms with van der Waals surface area (Å²) in [6, 6.07) is 11.4. The average Bonchev–Trinajstić information content (AvgIpc) is 3.42. The van der Waals surface area contributed by atoms with Gasteiger partial charge in [-0.3, -0.25) is 0 Å². The number of sulfonamides is 1. The second-order valence-electron chi connectivity index (χ2n) is 12.9. The number of hydrogen-bond donors (Lipinski definition) is 1. The topological polar surface area (TPSA) is 117 Å².